The molecule has 1 nitrogen and oxygen atoms in total. The van der Waals surface area contributed by atoms with Gasteiger partial charge in [-0.25, -0.2) is 4.39 Å². The van der Waals surface area contributed by atoms with E-state index < -0.39 is 0 Å². The molecule has 1 aromatic rings. The van der Waals surface area contributed by atoms with E-state index in [2.05, 4.69) is 18.7 Å². The van der Waals surface area contributed by atoms with Crippen molar-refractivity contribution in [2.24, 2.45) is 11.8 Å². The summed E-state index contributed by atoms with van der Waals surface area (Å²) < 4.78 is 13.5. The van der Waals surface area contributed by atoms with Gasteiger partial charge in [0, 0.05) is 18.7 Å². The van der Waals surface area contributed by atoms with Crippen LogP contribution in [0.25, 0.3) is 0 Å². The number of nitrogens with zero attached hydrogens (tertiary/aromatic N) is 1. The Morgan fingerprint density at radius 1 is 1.38 bits per heavy atom. The second-order valence-electron chi connectivity index (χ2n) is 5.12. The van der Waals surface area contributed by atoms with Crippen molar-refractivity contribution in [2.75, 3.05) is 13.1 Å². The van der Waals surface area contributed by atoms with E-state index in [1.54, 1.807) is 12.1 Å². The molecule has 0 N–H and O–H groups in total. The summed E-state index contributed by atoms with van der Waals surface area (Å²) in [5.74, 6) is 1.45. The molecule has 0 spiro atoms. The Bertz CT molecular complexity index is 348. The fourth-order valence-electron chi connectivity index (χ4n) is 2.42. The van der Waals surface area contributed by atoms with E-state index in [4.69, 9.17) is 0 Å². The van der Waals surface area contributed by atoms with Crippen molar-refractivity contribution in [1.29, 1.82) is 0 Å². The Balaban J connectivity index is 1.95. The van der Waals surface area contributed by atoms with Gasteiger partial charge in [-0.3, -0.25) is 4.90 Å². The highest BCUT2D eigenvalue weighted by atomic mass is 19.1. The minimum Gasteiger partial charge on any atom is -0.299 e. The Morgan fingerprint density at radius 3 is 2.75 bits per heavy atom. The lowest BCUT2D eigenvalue weighted by molar-refractivity contribution is 0.293. The Labute approximate surface area is 97.3 Å². The highest BCUT2D eigenvalue weighted by Gasteiger charge is 2.24. The molecule has 1 atom stereocenters. The van der Waals surface area contributed by atoms with Gasteiger partial charge in [-0.15, -0.1) is 0 Å². The number of rotatable bonds is 3. The second kappa shape index (κ2) is 4.96. The molecule has 16 heavy (non-hydrogen) atoms. The van der Waals surface area contributed by atoms with Crippen molar-refractivity contribution >= 4 is 0 Å². The van der Waals surface area contributed by atoms with Crippen LogP contribution in [0.3, 0.4) is 0 Å². The molecular formula is C14H20FN. The smallest absolute Gasteiger partial charge is 0.127 e. The van der Waals surface area contributed by atoms with Crippen molar-refractivity contribution in [3.63, 3.8) is 0 Å². The van der Waals surface area contributed by atoms with Crippen LogP contribution in [0.2, 0.25) is 0 Å². The first kappa shape index (κ1) is 11.6. The number of hydrogen-bond acceptors (Lipinski definition) is 1. The minimum atomic E-state index is -0.0736. The van der Waals surface area contributed by atoms with Crippen LogP contribution >= 0.6 is 0 Å². The standard InChI is InChI=1S/C14H20FN/c1-11(2)12-7-8-16(9-12)10-13-5-3-4-6-14(13)15/h3-6,11-12H,7-10H2,1-2H3. The molecule has 0 radical (unpaired) electrons. The molecule has 1 aliphatic heterocycles. The van der Waals surface area contributed by atoms with Crippen LogP contribution in [0.1, 0.15) is 25.8 Å². The summed E-state index contributed by atoms with van der Waals surface area (Å²) in [6, 6.07) is 7.09. The molecule has 88 valence electrons. The summed E-state index contributed by atoms with van der Waals surface area (Å²) in [6.45, 7) is 7.54. The zero-order valence-corrected chi connectivity index (χ0v) is 10.1. The quantitative estimate of drug-likeness (QED) is 0.757. The van der Waals surface area contributed by atoms with Gasteiger partial charge < -0.3 is 0 Å². The van der Waals surface area contributed by atoms with Gasteiger partial charge in [0.05, 0.1) is 0 Å². The molecule has 1 heterocycles. The molecular weight excluding hydrogens is 201 g/mol. The molecule has 1 saturated heterocycles. The lowest BCUT2D eigenvalue weighted by Gasteiger charge is -2.18. The van der Waals surface area contributed by atoms with E-state index in [1.165, 1.54) is 6.42 Å². The monoisotopic (exact) mass is 221 g/mol. The molecule has 2 rings (SSSR count). The largest absolute Gasteiger partial charge is 0.299 e. The topological polar surface area (TPSA) is 3.24 Å². The Kier molecular flexibility index (Phi) is 3.59. The van der Waals surface area contributed by atoms with Gasteiger partial charge in [-0.2, -0.15) is 0 Å². The van der Waals surface area contributed by atoms with Gasteiger partial charge >= 0.3 is 0 Å². The summed E-state index contributed by atoms with van der Waals surface area (Å²) in [4.78, 5) is 2.36. The van der Waals surface area contributed by atoms with Crippen molar-refractivity contribution < 1.29 is 4.39 Å². The third kappa shape index (κ3) is 2.62. The van der Waals surface area contributed by atoms with E-state index in [0.29, 0.717) is 0 Å². The van der Waals surface area contributed by atoms with Gasteiger partial charge in [0.25, 0.3) is 0 Å². The maximum absolute atomic E-state index is 13.5. The Morgan fingerprint density at radius 2 is 2.12 bits per heavy atom. The van der Waals surface area contributed by atoms with Crippen LogP contribution in [-0.2, 0) is 6.54 Å². The summed E-state index contributed by atoms with van der Waals surface area (Å²) in [5.41, 5.74) is 0.826. The molecule has 0 aromatic heterocycles. The summed E-state index contributed by atoms with van der Waals surface area (Å²) in [6.07, 6.45) is 1.26. The average Bonchev–Trinajstić information content (AvgIpc) is 2.70. The molecule has 1 aromatic carbocycles. The SMILES string of the molecule is CC(C)C1CCN(Cc2ccccc2F)C1. The van der Waals surface area contributed by atoms with Gasteiger partial charge in [-0.1, -0.05) is 32.0 Å². The van der Waals surface area contributed by atoms with Gasteiger partial charge in [0.2, 0.25) is 0 Å². The first-order valence-corrected chi connectivity index (χ1v) is 6.12. The maximum atomic E-state index is 13.5. The zero-order chi connectivity index (χ0) is 11.5. The van der Waals surface area contributed by atoms with Crippen LogP contribution in [0.4, 0.5) is 4.39 Å². The highest BCUT2D eigenvalue weighted by molar-refractivity contribution is 5.17. The fourth-order valence-corrected chi connectivity index (χ4v) is 2.42. The van der Waals surface area contributed by atoms with Gasteiger partial charge in [-0.05, 0) is 30.9 Å². The molecule has 1 unspecified atom stereocenters. The van der Waals surface area contributed by atoms with Crippen LogP contribution in [0.5, 0.6) is 0 Å². The van der Waals surface area contributed by atoms with Crippen molar-refractivity contribution in [1.82, 2.24) is 4.90 Å². The van der Waals surface area contributed by atoms with E-state index in [9.17, 15) is 4.39 Å². The van der Waals surface area contributed by atoms with E-state index in [0.717, 1.165) is 37.0 Å². The predicted octanol–water partition coefficient (Wildman–Crippen LogP) is 3.30. The number of halogens is 1. The van der Waals surface area contributed by atoms with Crippen LogP contribution in [0.15, 0.2) is 24.3 Å². The van der Waals surface area contributed by atoms with Crippen LogP contribution in [0, 0.1) is 17.7 Å². The van der Waals surface area contributed by atoms with Gasteiger partial charge in [0.15, 0.2) is 0 Å². The molecule has 2 heteroatoms. The molecule has 1 aliphatic rings. The lowest BCUT2D eigenvalue weighted by atomic mass is 9.95. The van der Waals surface area contributed by atoms with Crippen molar-refractivity contribution in [3.05, 3.63) is 35.6 Å². The third-order valence-electron chi connectivity index (χ3n) is 3.60. The summed E-state index contributed by atoms with van der Waals surface area (Å²) >= 11 is 0. The molecule has 1 fully saturated rings. The summed E-state index contributed by atoms with van der Waals surface area (Å²) in [5, 5.41) is 0. The number of likely N-dealkylation sites (tertiary alicyclic amines) is 1. The normalized spacial score (nSPS) is 21.9. The molecule has 0 saturated carbocycles. The molecule has 0 aliphatic carbocycles. The minimum absolute atomic E-state index is 0.0736. The number of benzene rings is 1. The zero-order valence-electron chi connectivity index (χ0n) is 10.1. The van der Waals surface area contributed by atoms with Crippen molar-refractivity contribution in [3.8, 4) is 0 Å². The third-order valence-corrected chi connectivity index (χ3v) is 3.60. The summed E-state index contributed by atoms with van der Waals surface area (Å²) in [7, 11) is 0. The van der Waals surface area contributed by atoms with E-state index in [1.807, 2.05) is 12.1 Å². The predicted molar refractivity (Wildman–Crippen MR) is 64.6 cm³/mol. The van der Waals surface area contributed by atoms with Crippen molar-refractivity contribution in [2.45, 2.75) is 26.8 Å². The Hall–Kier alpha value is -0.890. The molecule has 0 bridgehead atoms. The first-order valence-electron chi connectivity index (χ1n) is 6.12. The fraction of sp³-hybridized carbons (Fsp3) is 0.571. The van der Waals surface area contributed by atoms with E-state index >= 15 is 0 Å². The van der Waals surface area contributed by atoms with Crippen LogP contribution < -0.4 is 0 Å². The first-order chi connectivity index (χ1) is 7.66. The highest BCUT2D eigenvalue weighted by Crippen LogP contribution is 2.25. The van der Waals surface area contributed by atoms with E-state index in [-0.39, 0.29) is 5.82 Å². The van der Waals surface area contributed by atoms with Gasteiger partial charge in [0.1, 0.15) is 5.82 Å². The van der Waals surface area contributed by atoms with Crippen LogP contribution in [-0.4, -0.2) is 18.0 Å². The number of hydrogen-bond donors (Lipinski definition) is 0. The second-order valence-corrected chi connectivity index (χ2v) is 5.12. The average molecular weight is 221 g/mol. The lowest BCUT2D eigenvalue weighted by Crippen LogP contribution is -2.22. The molecule has 0 amide bonds. The maximum Gasteiger partial charge on any atom is 0.127 e.